The van der Waals surface area contributed by atoms with E-state index in [9.17, 15) is 0 Å². The summed E-state index contributed by atoms with van der Waals surface area (Å²) in [6, 6.07) is 0. The van der Waals surface area contributed by atoms with Gasteiger partial charge in [-0.3, -0.25) is 0 Å². The van der Waals surface area contributed by atoms with Crippen molar-refractivity contribution in [2.24, 2.45) is 0 Å². The topological polar surface area (TPSA) is 27.7 Å². The molecule has 3 aliphatic rings. The molecule has 4 unspecified atom stereocenters. The number of hydrogen-bond acceptors (Lipinski definition) is 3. The lowest BCUT2D eigenvalue weighted by atomic mass is 9.95. The number of hydrogen-bond donors (Lipinski definition) is 0. The van der Waals surface area contributed by atoms with E-state index < -0.39 is 0 Å². The van der Waals surface area contributed by atoms with Gasteiger partial charge in [-0.05, 0) is 19.7 Å². The lowest BCUT2D eigenvalue weighted by Crippen LogP contribution is -2.33. The molecule has 0 spiro atoms. The van der Waals surface area contributed by atoms with Crippen molar-refractivity contribution in [3.05, 3.63) is 0 Å². The van der Waals surface area contributed by atoms with Crippen LogP contribution < -0.4 is 0 Å². The quantitative estimate of drug-likeness (QED) is 0.533. The predicted molar refractivity (Wildman–Crippen MR) is 50.6 cm³/mol. The second-order valence-corrected chi connectivity index (χ2v) is 3.56. The predicted octanol–water partition coefficient (Wildman–Crippen LogP) is 1.48. The van der Waals surface area contributed by atoms with Crippen LogP contribution in [0.3, 0.4) is 0 Å². The molecule has 13 heavy (non-hydrogen) atoms. The summed E-state index contributed by atoms with van der Waals surface area (Å²) in [5, 5.41) is 0. The smallest absolute Gasteiger partial charge is 0.403 e. The maximum atomic E-state index is 5.64. The molecule has 3 aliphatic heterocycles. The summed E-state index contributed by atoms with van der Waals surface area (Å²) in [6.07, 6.45) is 3.45. The van der Waals surface area contributed by atoms with Crippen molar-refractivity contribution >= 4 is 7.12 Å². The van der Waals surface area contributed by atoms with Crippen molar-refractivity contribution in [2.75, 3.05) is 0 Å². The fraction of sp³-hybridized carbons (Fsp3) is 1.00. The van der Waals surface area contributed by atoms with E-state index in [4.69, 9.17) is 14.0 Å². The molecular weight excluding hydrogens is 167 g/mol. The lowest BCUT2D eigenvalue weighted by Gasteiger charge is -2.18. The minimum atomic E-state index is -0.0167. The zero-order chi connectivity index (χ0) is 9.42. The standard InChI is InChI=1S/C7H11BO3.C2H6/c1-8-10-6-4-2-3-5(9-4)7(6)11-8;1-2/h4-7H,2-3H2,1H3;1-2H3. The summed E-state index contributed by atoms with van der Waals surface area (Å²) in [5.74, 6) is 0. The van der Waals surface area contributed by atoms with E-state index in [0.29, 0.717) is 12.2 Å². The van der Waals surface area contributed by atoms with Crippen LogP contribution in [-0.4, -0.2) is 31.5 Å². The lowest BCUT2D eigenvalue weighted by molar-refractivity contribution is 0.0499. The third-order valence-electron chi connectivity index (χ3n) is 2.84. The molecule has 0 aromatic rings. The van der Waals surface area contributed by atoms with Crippen LogP contribution in [0.1, 0.15) is 26.7 Å². The van der Waals surface area contributed by atoms with Crippen LogP contribution in [0.15, 0.2) is 0 Å². The Kier molecular flexibility index (Phi) is 2.63. The largest absolute Gasteiger partial charge is 0.454 e. The molecule has 0 aromatic heterocycles. The molecule has 4 heteroatoms. The summed E-state index contributed by atoms with van der Waals surface area (Å²) < 4.78 is 16.8. The van der Waals surface area contributed by atoms with Crippen molar-refractivity contribution in [1.82, 2.24) is 0 Å². The van der Waals surface area contributed by atoms with Gasteiger partial charge in [0.25, 0.3) is 0 Å². The van der Waals surface area contributed by atoms with Crippen molar-refractivity contribution in [3.63, 3.8) is 0 Å². The number of fused-ring (bicyclic) bond motifs is 5. The Morgan fingerprint density at radius 3 is 1.92 bits per heavy atom. The summed E-state index contributed by atoms with van der Waals surface area (Å²) in [6.45, 7) is 5.96. The van der Waals surface area contributed by atoms with Gasteiger partial charge in [0.1, 0.15) is 0 Å². The molecule has 0 amide bonds. The van der Waals surface area contributed by atoms with Gasteiger partial charge in [0.05, 0.1) is 24.4 Å². The van der Waals surface area contributed by atoms with Crippen LogP contribution in [0.2, 0.25) is 6.82 Å². The van der Waals surface area contributed by atoms with E-state index in [-0.39, 0.29) is 19.3 Å². The fourth-order valence-corrected chi connectivity index (χ4v) is 2.40. The molecule has 0 aliphatic carbocycles. The summed E-state index contributed by atoms with van der Waals surface area (Å²) in [5.41, 5.74) is 0. The molecule has 3 heterocycles. The number of ether oxygens (including phenoxy) is 1. The van der Waals surface area contributed by atoms with Gasteiger partial charge in [0.15, 0.2) is 0 Å². The van der Waals surface area contributed by atoms with E-state index in [1.165, 1.54) is 0 Å². The van der Waals surface area contributed by atoms with Gasteiger partial charge in [-0.25, -0.2) is 0 Å². The Bertz CT molecular complexity index is 170. The van der Waals surface area contributed by atoms with Crippen LogP contribution in [0, 0.1) is 0 Å². The van der Waals surface area contributed by atoms with E-state index in [2.05, 4.69) is 0 Å². The van der Waals surface area contributed by atoms with Gasteiger partial charge in [-0.2, -0.15) is 0 Å². The summed E-state index contributed by atoms with van der Waals surface area (Å²) >= 11 is 0. The van der Waals surface area contributed by atoms with Crippen LogP contribution in [-0.2, 0) is 14.0 Å². The van der Waals surface area contributed by atoms with Crippen LogP contribution in [0.5, 0.6) is 0 Å². The highest BCUT2D eigenvalue weighted by molar-refractivity contribution is 6.43. The molecule has 3 saturated heterocycles. The van der Waals surface area contributed by atoms with Gasteiger partial charge in [-0.15, -0.1) is 0 Å². The average molecular weight is 184 g/mol. The molecule has 2 bridgehead atoms. The van der Waals surface area contributed by atoms with Crippen LogP contribution in [0.25, 0.3) is 0 Å². The first-order valence-electron chi connectivity index (χ1n) is 5.31. The van der Waals surface area contributed by atoms with Crippen molar-refractivity contribution in [2.45, 2.75) is 57.9 Å². The highest BCUT2D eigenvalue weighted by Gasteiger charge is 2.55. The molecular formula is C9H17BO3. The summed E-state index contributed by atoms with van der Waals surface area (Å²) in [4.78, 5) is 0. The van der Waals surface area contributed by atoms with Crippen molar-refractivity contribution in [1.29, 1.82) is 0 Å². The Balaban J connectivity index is 0.000000308. The van der Waals surface area contributed by atoms with Crippen LogP contribution in [0.4, 0.5) is 0 Å². The van der Waals surface area contributed by atoms with Crippen LogP contribution >= 0.6 is 0 Å². The molecule has 0 aromatic carbocycles. The fourth-order valence-electron chi connectivity index (χ4n) is 2.40. The van der Waals surface area contributed by atoms with Gasteiger partial charge in [0.2, 0.25) is 0 Å². The Morgan fingerprint density at radius 2 is 1.46 bits per heavy atom. The third-order valence-corrected chi connectivity index (χ3v) is 2.84. The molecule has 3 rings (SSSR count). The zero-order valence-electron chi connectivity index (χ0n) is 8.53. The highest BCUT2D eigenvalue weighted by Crippen LogP contribution is 2.41. The van der Waals surface area contributed by atoms with Gasteiger partial charge < -0.3 is 14.0 Å². The van der Waals surface area contributed by atoms with E-state index in [1.807, 2.05) is 20.7 Å². The SMILES string of the molecule is CB1OC2C3CCC(O3)C2O1.CC. The molecule has 3 fully saturated rings. The van der Waals surface area contributed by atoms with E-state index in [0.717, 1.165) is 12.8 Å². The maximum absolute atomic E-state index is 5.64. The first-order valence-corrected chi connectivity index (χ1v) is 5.31. The zero-order valence-corrected chi connectivity index (χ0v) is 8.53. The second kappa shape index (κ2) is 3.60. The highest BCUT2D eigenvalue weighted by atomic mass is 16.7. The minimum absolute atomic E-state index is 0.0167. The first-order chi connectivity index (χ1) is 6.34. The molecule has 4 atom stereocenters. The first kappa shape index (κ1) is 9.50. The molecule has 0 radical (unpaired) electrons. The Labute approximate surface area is 79.9 Å². The second-order valence-electron chi connectivity index (χ2n) is 3.56. The normalized spacial score (nSPS) is 45.9. The van der Waals surface area contributed by atoms with Gasteiger partial charge in [-0.1, -0.05) is 13.8 Å². The minimum Gasteiger partial charge on any atom is -0.403 e. The summed E-state index contributed by atoms with van der Waals surface area (Å²) in [7, 11) is -0.0167. The van der Waals surface area contributed by atoms with Gasteiger partial charge >= 0.3 is 7.12 Å². The number of rotatable bonds is 0. The third kappa shape index (κ3) is 1.41. The monoisotopic (exact) mass is 184 g/mol. The van der Waals surface area contributed by atoms with E-state index >= 15 is 0 Å². The average Bonchev–Trinajstić information content (AvgIpc) is 2.77. The molecule has 3 nitrogen and oxygen atoms in total. The van der Waals surface area contributed by atoms with Crippen molar-refractivity contribution in [3.8, 4) is 0 Å². The van der Waals surface area contributed by atoms with Gasteiger partial charge in [0, 0.05) is 0 Å². The Hall–Kier alpha value is -0.0551. The van der Waals surface area contributed by atoms with Crippen molar-refractivity contribution < 1.29 is 14.0 Å². The molecule has 0 saturated carbocycles. The maximum Gasteiger partial charge on any atom is 0.454 e. The molecule has 74 valence electrons. The Morgan fingerprint density at radius 1 is 1.00 bits per heavy atom. The molecule has 0 N–H and O–H groups in total. The van der Waals surface area contributed by atoms with E-state index in [1.54, 1.807) is 0 Å².